The van der Waals surface area contributed by atoms with Gasteiger partial charge in [-0.25, -0.2) is 4.79 Å². The van der Waals surface area contributed by atoms with Crippen LogP contribution in [0.15, 0.2) is 0 Å². The Bertz CT molecular complexity index is 254. The molecule has 2 amide bonds. The van der Waals surface area contributed by atoms with Crippen molar-refractivity contribution in [3.8, 4) is 0 Å². The van der Waals surface area contributed by atoms with Gasteiger partial charge in [-0.15, -0.1) is 0 Å². The van der Waals surface area contributed by atoms with Crippen molar-refractivity contribution >= 4 is 17.8 Å². The van der Waals surface area contributed by atoms with Crippen LogP contribution in [0, 0.1) is 0 Å². The molecule has 0 radical (unpaired) electrons. The minimum atomic E-state index is 0.0593. The van der Waals surface area contributed by atoms with Gasteiger partial charge in [0.2, 0.25) is 0 Å². The highest BCUT2D eigenvalue weighted by atomic mass is 32.2. The summed E-state index contributed by atoms with van der Waals surface area (Å²) in [6.45, 7) is 2.21. The first-order valence-corrected chi connectivity index (χ1v) is 8.01. The van der Waals surface area contributed by atoms with Crippen molar-refractivity contribution in [2.75, 3.05) is 5.75 Å². The number of nitrogens with one attached hydrogen (secondary N) is 2. The maximum atomic E-state index is 11.8. The van der Waals surface area contributed by atoms with Crippen molar-refractivity contribution in [2.24, 2.45) is 0 Å². The van der Waals surface area contributed by atoms with Crippen molar-refractivity contribution in [1.82, 2.24) is 10.6 Å². The molecule has 2 aliphatic rings. The van der Waals surface area contributed by atoms with E-state index in [0.29, 0.717) is 12.1 Å². The van der Waals surface area contributed by atoms with Crippen LogP contribution in [-0.4, -0.2) is 29.1 Å². The highest BCUT2D eigenvalue weighted by Crippen LogP contribution is 2.29. The Labute approximate surface area is 108 Å². The van der Waals surface area contributed by atoms with Gasteiger partial charge in [0.15, 0.2) is 0 Å². The molecule has 0 aromatic rings. The van der Waals surface area contributed by atoms with Gasteiger partial charge in [-0.2, -0.15) is 11.8 Å². The number of hydrogen-bond donors (Lipinski definition) is 2. The molecule has 0 spiro atoms. The molecule has 98 valence electrons. The number of rotatable bonds is 4. The predicted molar refractivity (Wildman–Crippen MR) is 73.5 cm³/mol. The molecule has 0 heterocycles. The molecule has 2 saturated carbocycles. The summed E-state index contributed by atoms with van der Waals surface area (Å²) in [6, 6.07) is 0.890. The number of urea groups is 1. The molecular formula is C13H24N2OS. The molecule has 0 aromatic heterocycles. The van der Waals surface area contributed by atoms with Gasteiger partial charge in [0.25, 0.3) is 0 Å². The molecule has 2 N–H and O–H groups in total. The topological polar surface area (TPSA) is 41.1 Å². The SMILES string of the molecule is CCSC1CCC(NC(=O)NC2CCCC2)C1. The summed E-state index contributed by atoms with van der Waals surface area (Å²) in [7, 11) is 0. The van der Waals surface area contributed by atoms with E-state index in [1.807, 2.05) is 11.8 Å². The summed E-state index contributed by atoms with van der Waals surface area (Å²) in [5.41, 5.74) is 0. The molecular weight excluding hydrogens is 232 g/mol. The summed E-state index contributed by atoms with van der Waals surface area (Å²) >= 11 is 2.03. The van der Waals surface area contributed by atoms with Gasteiger partial charge in [0, 0.05) is 17.3 Å². The van der Waals surface area contributed by atoms with E-state index >= 15 is 0 Å². The zero-order valence-corrected chi connectivity index (χ0v) is 11.5. The third kappa shape index (κ3) is 4.09. The minimum absolute atomic E-state index is 0.0593. The molecule has 0 aromatic carbocycles. The first-order chi connectivity index (χ1) is 8.28. The van der Waals surface area contributed by atoms with Crippen LogP contribution in [0.3, 0.4) is 0 Å². The van der Waals surface area contributed by atoms with Crippen molar-refractivity contribution in [3.05, 3.63) is 0 Å². The largest absolute Gasteiger partial charge is 0.335 e. The van der Waals surface area contributed by atoms with Gasteiger partial charge in [0.1, 0.15) is 0 Å². The number of hydrogen-bond acceptors (Lipinski definition) is 2. The number of thioether (sulfide) groups is 1. The van der Waals surface area contributed by atoms with E-state index in [9.17, 15) is 4.79 Å². The average Bonchev–Trinajstić information content (AvgIpc) is 2.91. The lowest BCUT2D eigenvalue weighted by Gasteiger charge is -2.17. The Morgan fingerprint density at radius 3 is 2.53 bits per heavy atom. The van der Waals surface area contributed by atoms with Gasteiger partial charge < -0.3 is 10.6 Å². The molecule has 0 aliphatic heterocycles. The lowest BCUT2D eigenvalue weighted by Crippen LogP contribution is -2.44. The second-order valence-corrected chi connectivity index (χ2v) is 6.76. The first kappa shape index (κ1) is 13.1. The monoisotopic (exact) mass is 256 g/mol. The van der Waals surface area contributed by atoms with Gasteiger partial charge >= 0.3 is 6.03 Å². The van der Waals surface area contributed by atoms with Crippen LogP contribution in [0.5, 0.6) is 0 Å². The van der Waals surface area contributed by atoms with E-state index in [2.05, 4.69) is 17.6 Å². The summed E-state index contributed by atoms with van der Waals surface area (Å²) < 4.78 is 0. The minimum Gasteiger partial charge on any atom is -0.335 e. The normalized spacial score (nSPS) is 29.5. The first-order valence-electron chi connectivity index (χ1n) is 6.96. The van der Waals surface area contributed by atoms with Crippen molar-refractivity contribution in [2.45, 2.75) is 69.2 Å². The van der Waals surface area contributed by atoms with Crippen LogP contribution in [0.1, 0.15) is 51.9 Å². The third-order valence-corrected chi connectivity index (χ3v) is 5.05. The van der Waals surface area contributed by atoms with E-state index in [0.717, 1.165) is 30.9 Å². The standard InChI is InChI=1S/C13H24N2OS/c1-2-17-12-8-7-11(9-12)15-13(16)14-10-5-3-4-6-10/h10-12H,2-9H2,1H3,(H2,14,15,16). The molecule has 3 nitrogen and oxygen atoms in total. The Morgan fingerprint density at radius 2 is 1.82 bits per heavy atom. The fourth-order valence-corrected chi connectivity index (χ4v) is 4.08. The van der Waals surface area contributed by atoms with Crippen LogP contribution in [-0.2, 0) is 0 Å². The summed E-state index contributed by atoms with van der Waals surface area (Å²) in [5.74, 6) is 1.19. The fourth-order valence-electron chi connectivity index (χ4n) is 2.94. The van der Waals surface area contributed by atoms with Crippen LogP contribution in [0.2, 0.25) is 0 Å². The Hall–Kier alpha value is -0.380. The van der Waals surface area contributed by atoms with Crippen LogP contribution >= 0.6 is 11.8 Å². The molecule has 17 heavy (non-hydrogen) atoms. The maximum Gasteiger partial charge on any atom is 0.315 e. The zero-order valence-electron chi connectivity index (χ0n) is 10.7. The molecule has 2 unspecified atom stereocenters. The van der Waals surface area contributed by atoms with E-state index in [-0.39, 0.29) is 6.03 Å². The summed E-state index contributed by atoms with van der Waals surface area (Å²) in [6.07, 6.45) is 8.41. The van der Waals surface area contributed by atoms with Gasteiger partial charge in [0.05, 0.1) is 0 Å². The molecule has 2 atom stereocenters. The van der Waals surface area contributed by atoms with Crippen LogP contribution in [0.4, 0.5) is 4.79 Å². The van der Waals surface area contributed by atoms with Crippen LogP contribution < -0.4 is 10.6 Å². The van der Waals surface area contributed by atoms with Gasteiger partial charge in [-0.3, -0.25) is 0 Å². The molecule has 4 heteroatoms. The smallest absolute Gasteiger partial charge is 0.315 e. The zero-order chi connectivity index (χ0) is 12.1. The maximum absolute atomic E-state index is 11.8. The highest BCUT2D eigenvalue weighted by molar-refractivity contribution is 7.99. The van der Waals surface area contributed by atoms with E-state index in [1.54, 1.807) is 0 Å². The molecule has 2 fully saturated rings. The molecule has 0 saturated heterocycles. The van der Waals surface area contributed by atoms with Crippen molar-refractivity contribution in [3.63, 3.8) is 0 Å². The lowest BCUT2D eigenvalue weighted by molar-refractivity contribution is 0.233. The van der Waals surface area contributed by atoms with Crippen molar-refractivity contribution < 1.29 is 4.79 Å². The quantitative estimate of drug-likeness (QED) is 0.812. The predicted octanol–water partition coefficient (Wildman–Crippen LogP) is 2.90. The second kappa shape index (κ2) is 6.53. The third-order valence-electron chi connectivity index (χ3n) is 3.81. The Kier molecular flexibility index (Phi) is 5.01. The van der Waals surface area contributed by atoms with Crippen molar-refractivity contribution in [1.29, 1.82) is 0 Å². The van der Waals surface area contributed by atoms with E-state index < -0.39 is 0 Å². The highest BCUT2D eigenvalue weighted by Gasteiger charge is 2.26. The van der Waals surface area contributed by atoms with Gasteiger partial charge in [-0.1, -0.05) is 19.8 Å². The average molecular weight is 256 g/mol. The lowest BCUT2D eigenvalue weighted by atomic mass is 10.2. The molecule has 2 aliphatic carbocycles. The Morgan fingerprint density at radius 1 is 1.12 bits per heavy atom. The fraction of sp³-hybridized carbons (Fsp3) is 0.923. The summed E-state index contributed by atoms with van der Waals surface area (Å²) in [4.78, 5) is 11.8. The number of amides is 2. The second-order valence-electron chi connectivity index (χ2n) is 5.19. The number of carbonyl (C=O) groups is 1. The van der Waals surface area contributed by atoms with E-state index in [4.69, 9.17) is 0 Å². The molecule has 2 rings (SSSR count). The van der Waals surface area contributed by atoms with E-state index in [1.165, 1.54) is 25.0 Å². The molecule has 0 bridgehead atoms. The summed E-state index contributed by atoms with van der Waals surface area (Å²) in [5, 5.41) is 6.99. The number of carbonyl (C=O) groups excluding carboxylic acids is 1. The Balaban J connectivity index is 1.65. The van der Waals surface area contributed by atoms with Gasteiger partial charge in [-0.05, 0) is 37.9 Å². The van der Waals surface area contributed by atoms with Crippen LogP contribution in [0.25, 0.3) is 0 Å².